The Morgan fingerprint density at radius 1 is 1.62 bits per heavy atom. The van der Waals surface area contributed by atoms with Crippen molar-refractivity contribution in [3.63, 3.8) is 0 Å². The predicted molar refractivity (Wildman–Crippen MR) is 61.6 cm³/mol. The quantitative estimate of drug-likeness (QED) is 0.799. The first-order valence-corrected chi connectivity index (χ1v) is 5.61. The molecule has 2 N–H and O–H groups in total. The molecule has 1 unspecified atom stereocenters. The van der Waals surface area contributed by atoms with Crippen molar-refractivity contribution >= 4 is 11.7 Å². The van der Waals surface area contributed by atoms with Gasteiger partial charge in [0.2, 0.25) is 0 Å². The van der Waals surface area contributed by atoms with Gasteiger partial charge in [0.15, 0.2) is 0 Å². The molecule has 1 heterocycles. The Morgan fingerprint density at radius 2 is 2.38 bits per heavy atom. The van der Waals surface area contributed by atoms with Crippen LogP contribution in [-0.4, -0.2) is 22.1 Å². The lowest BCUT2D eigenvalue weighted by Crippen LogP contribution is -2.16. The van der Waals surface area contributed by atoms with E-state index in [9.17, 15) is 4.79 Å². The van der Waals surface area contributed by atoms with E-state index in [0.717, 1.165) is 11.6 Å². The maximum Gasteiger partial charge on any atom is 0.354 e. The van der Waals surface area contributed by atoms with E-state index in [-0.39, 0.29) is 5.69 Å². The van der Waals surface area contributed by atoms with Crippen LogP contribution in [0.25, 0.3) is 0 Å². The van der Waals surface area contributed by atoms with Crippen LogP contribution >= 0.6 is 0 Å². The standard InChI is InChI=1S/C12H16N2O2/c1-8(6-9-2-3-9)14-10-4-5-11(12(15)16)13-7-10/h4-5,7-9,14H,2-3,6H2,1H3,(H,15,16). The normalized spacial score (nSPS) is 16.8. The Kier molecular flexibility index (Phi) is 3.08. The van der Waals surface area contributed by atoms with E-state index >= 15 is 0 Å². The molecular formula is C12H16N2O2. The number of hydrogen-bond donors (Lipinski definition) is 2. The number of pyridine rings is 1. The lowest BCUT2D eigenvalue weighted by atomic mass is 10.1. The topological polar surface area (TPSA) is 62.2 Å². The van der Waals surface area contributed by atoms with Gasteiger partial charge in [-0.2, -0.15) is 0 Å². The van der Waals surface area contributed by atoms with Crippen molar-refractivity contribution in [1.29, 1.82) is 0 Å². The summed E-state index contributed by atoms with van der Waals surface area (Å²) in [6.07, 6.45) is 5.46. The molecule has 1 saturated carbocycles. The average molecular weight is 220 g/mol. The third-order valence-corrected chi connectivity index (χ3v) is 2.78. The molecule has 16 heavy (non-hydrogen) atoms. The minimum atomic E-state index is -0.988. The second-order valence-corrected chi connectivity index (χ2v) is 4.46. The van der Waals surface area contributed by atoms with E-state index in [1.807, 2.05) is 0 Å². The van der Waals surface area contributed by atoms with Gasteiger partial charge >= 0.3 is 5.97 Å². The van der Waals surface area contributed by atoms with Crippen LogP contribution in [0.2, 0.25) is 0 Å². The summed E-state index contributed by atoms with van der Waals surface area (Å²) in [7, 11) is 0. The summed E-state index contributed by atoms with van der Waals surface area (Å²) in [4.78, 5) is 14.5. The highest BCUT2D eigenvalue weighted by Crippen LogP contribution is 2.33. The number of hydrogen-bond acceptors (Lipinski definition) is 3. The molecule has 0 aromatic carbocycles. The summed E-state index contributed by atoms with van der Waals surface area (Å²) in [5.41, 5.74) is 0.971. The number of carbonyl (C=O) groups is 1. The maximum atomic E-state index is 10.6. The summed E-state index contributed by atoms with van der Waals surface area (Å²) in [5.74, 6) is -0.105. The fraction of sp³-hybridized carbons (Fsp3) is 0.500. The van der Waals surface area contributed by atoms with Crippen LogP contribution in [0.15, 0.2) is 18.3 Å². The van der Waals surface area contributed by atoms with Gasteiger partial charge in [0.1, 0.15) is 5.69 Å². The monoisotopic (exact) mass is 220 g/mol. The highest BCUT2D eigenvalue weighted by molar-refractivity contribution is 5.85. The first kappa shape index (κ1) is 10.9. The van der Waals surface area contributed by atoms with Crippen molar-refractivity contribution in [2.45, 2.75) is 32.2 Å². The smallest absolute Gasteiger partial charge is 0.354 e. The van der Waals surface area contributed by atoms with Gasteiger partial charge in [-0.1, -0.05) is 12.8 Å². The fourth-order valence-electron chi connectivity index (χ4n) is 1.80. The van der Waals surface area contributed by atoms with E-state index in [2.05, 4.69) is 17.2 Å². The first-order valence-electron chi connectivity index (χ1n) is 5.61. The third kappa shape index (κ3) is 2.95. The van der Waals surface area contributed by atoms with E-state index in [1.165, 1.54) is 25.3 Å². The van der Waals surface area contributed by atoms with Crippen molar-refractivity contribution in [2.24, 2.45) is 5.92 Å². The lowest BCUT2D eigenvalue weighted by molar-refractivity contribution is 0.0690. The third-order valence-electron chi connectivity index (χ3n) is 2.78. The van der Waals surface area contributed by atoms with Crippen molar-refractivity contribution < 1.29 is 9.90 Å². The summed E-state index contributed by atoms with van der Waals surface area (Å²) in [5, 5.41) is 12.0. The predicted octanol–water partition coefficient (Wildman–Crippen LogP) is 2.38. The number of aromatic nitrogens is 1. The molecule has 0 radical (unpaired) electrons. The van der Waals surface area contributed by atoms with Gasteiger partial charge in [-0.3, -0.25) is 0 Å². The summed E-state index contributed by atoms with van der Waals surface area (Å²) >= 11 is 0. The maximum absolute atomic E-state index is 10.6. The second-order valence-electron chi connectivity index (χ2n) is 4.46. The van der Waals surface area contributed by atoms with Gasteiger partial charge in [-0.25, -0.2) is 9.78 Å². The number of rotatable bonds is 5. The molecule has 2 rings (SSSR count). The molecule has 1 aliphatic rings. The van der Waals surface area contributed by atoms with Crippen LogP contribution in [0.4, 0.5) is 5.69 Å². The van der Waals surface area contributed by atoms with Crippen molar-refractivity contribution in [3.8, 4) is 0 Å². The fourth-order valence-corrected chi connectivity index (χ4v) is 1.80. The minimum absolute atomic E-state index is 0.0837. The average Bonchev–Trinajstić information content (AvgIpc) is 3.02. The van der Waals surface area contributed by atoms with Crippen LogP contribution in [-0.2, 0) is 0 Å². The van der Waals surface area contributed by atoms with Crippen molar-refractivity contribution in [2.75, 3.05) is 5.32 Å². The van der Waals surface area contributed by atoms with Gasteiger partial charge in [0.05, 0.1) is 11.9 Å². The molecule has 0 amide bonds. The first-order chi connectivity index (χ1) is 7.65. The van der Waals surface area contributed by atoms with Gasteiger partial charge in [0, 0.05) is 6.04 Å². The Balaban J connectivity index is 1.90. The zero-order chi connectivity index (χ0) is 11.5. The number of aromatic carboxylic acids is 1. The molecule has 0 bridgehead atoms. The molecule has 4 nitrogen and oxygen atoms in total. The Morgan fingerprint density at radius 3 is 2.88 bits per heavy atom. The van der Waals surface area contributed by atoms with E-state index < -0.39 is 5.97 Å². The molecule has 0 saturated heterocycles. The van der Waals surface area contributed by atoms with Gasteiger partial charge in [0.25, 0.3) is 0 Å². The molecule has 1 fully saturated rings. The second kappa shape index (κ2) is 4.51. The van der Waals surface area contributed by atoms with Crippen LogP contribution < -0.4 is 5.32 Å². The molecule has 1 aromatic rings. The van der Waals surface area contributed by atoms with Crippen LogP contribution in [0.5, 0.6) is 0 Å². The summed E-state index contributed by atoms with van der Waals surface area (Å²) in [6, 6.07) is 3.71. The number of nitrogens with zero attached hydrogens (tertiary/aromatic N) is 1. The Bertz CT molecular complexity index is 371. The molecule has 4 heteroatoms. The molecule has 1 atom stereocenters. The molecular weight excluding hydrogens is 204 g/mol. The van der Waals surface area contributed by atoms with E-state index in [0.29, 0.717) is 6.04 Å². The van der Waals surface area contributed by atoms with Crippen LogP contribution in [0, 0.1) is 5.92 Å². The Hall–Kier alpha value is -1.58. The number of carboxylic acid groups (broad SMARTS) is 1. The summed E-state index contributed by atoms with van der Waals surface area (Å²) < 4.78 is 0. The Labute approximate surface area is 94.7 Å². The molecule has 86 valence electrons. The minimum Gasteiger partial charge on any atom is -0.477 e. The number of nitrogens with one attached hydrogen (secondary N) is 1. The van der Waals surface area contributed by atoms with E-state index in [4.69, 9.17) is 5.11 Å². The van der Waals surface area contributed by atoms with Crippen LogP contribution in [0.1, 0.15) is 36.7 Å². The molecule has 0 spiro atoms. The SMILES string of the molecule is CC(CC1CC1)Nc1ccc(C(=O)O)nc1. The molecule has 1 aromatic heterocycles. The molecule has 0 aliphatic heterocycles. The van der Waals surface area contributed by atoms with Crippen molar-refractivity contribution in [1.82, 2.24) is 4.98 Å². The van der Waals surface area contributed by atoms with Gasteiger partial charge in [-0.15, -0.1) is 0 Å². The number of anilines is 1. The van der Waals surface area contributed by atoms with Gasteiger partial charge in [-0.05, 0) is 31.4 Å². The van der Waals surface area contributed by atoms with Crippen LogP contribution in [0.3, 0.4) is 0 Å². The van der Waals surface area contributed by atoms with E-state index in [1.54, 1.807) is 12.3 Å². The highest BCUT2D eigenvalue weighted by atomic mass is 16.4. The van der Waals surface area contributed by atoms with Crippen molar-refractivity contribution in [3.05, 3.63) is 24.0 Å². The summed E-state index contributed by atoms with van der Waals surface area (Å²) in [6.45, 7) is 2.14. The lowest BCUT2D eigenvalue weighted by Gasteiger charge is -2.14. The zero-order valence-corrected chi connectivity index (χ0v) is 9.31. The largest absolute Gasteiger partial charge is 0.477 e. The zero-order valence-electron chi connectivity index (χ0n) is 9.31. The molecule has 1 aliphatic carbocycles. The number of carboxylic acids is 1. The highest BCUT2D eigenvalue weighted by Gasteiger charge is 2.23. The van der Waals surface area contributed by atoms with Gasteiger partial charge < -0.3 is 10.4 Å².